The molecule has 0 saturated carbocycles. The molecule has 3 aromatic rings. The Bertz CT molecular complexity index is 1280. The number of anilines is 2. The molecule has 0 spiro atoms. The van der Waals surface area contributed by atoms with Gasteiger partial charge in [-0.15, -0.1) is 0 Å². The standard InChI is InChI=1S/C28H28N2O4/c1-17-15-18(2)27(34-5)22(16-17)25(31)23-24(19-11-13-20(14-12-19)29(3)4)30(28(33)26(23)32)21-9-7-6-8-10-21/h6-16,24,31H,1-5H3/b25-23+. The number of hydrogen-bond donors (Lipinski definition) is 1. The highest BCUT2D eigenvalue weighted by Gasteiger charge is 2.47. The van der Waals surface area contributed by atoms with Crippen LogP contribution in [0.1, 0.15) is 28.3 Å². The Morgan fingerprint density at radius 1 is 0.971 bits per heavy atom. The van der Waals surface area contributed by atoms with Crippen LogP contribution >= 0.6 is 0 Å². The third-order valence-electron chi connectivity index (χ3n) is 6.08. The molecule has 0 radical (unpaired) electrons. The van der Waals surface area contributed by atoms with Gasteiger partial charge in [0.1, 0.15) is 11.5 Å². The van der Waals surface area contributed by atoms with Crippen LogP contribution in [0.25, 0.3) is 5.76 Å². The summed E-state index contributed by atoms with van der Waals surface area (Å²) in [6.07, 6.45) is 0. The molecule has 1 atom stereocenters. The summed E-state index contributed by atoms with van der Waals surface area (Å²) in [6.45, 7) is 3.78. The number of methoxy groups -OCH3 is 1. The maximum Gasteiger partial charge on any atom is 0.300 e. The molecule has 0 aliphatic carbocycles. The number of rotatable bonds is 5. The van der Waals surface area contributed by atoms with E-state index in [-0.39, 0.29) is 11.3 Å². The van der Waals surface area contributed by atoms with Gasteiger partial charge in [0.15, 0.2) is 0 Å². The van der Waals surface area contributed by atoms with Crippen LogP contribution in [0.4, 0.5) is 11.4 Å². The van der Waals surface area contributed by atoms with Crippen LogP contribution in [0.2, 0.25) is 0 Å². The molecule has 0 aromatic heterocycles. The third-order valence-corrected chi connectivity index (χ3v) is 6.08. The van der Waals surface area contributed by atoms with Crippen molar-refractivity contribution in [3.63, 3.8) is 0 Å². The van der Waals surface area contributed by atoms with E-state index in [4.69, 9.17) is 4.74 Å². The molecule has 1 N–H and O–H groups in total. The van der Waals surface area contributed by atoms with Crippen molar-refractivity contribution in [2.75, 3.05) is 31.0 Å². The zero-order valence-corrected chi connectivity index (χ0v) is 20.0. The summed E-state index contributed by atoms with van der Waals surface area (Å²) in [7, 11) is 5.41. The molecule has 0 bridgehead atoms. The number of carbonyl (C=O) groups is 2. The summed E-state index contributed by atoms with van der Waals surface area (Å²) < 4.78 is 5.56. The Kier molecular flexibility index (Phi) is 6.16. The molecule has 1 heterocycles. The van der Waals surface area contributed by atoms with Crippen LogP contribution in [0.15, 0.2) is 72.3 Å². The van der Waals surface area contributed by atoms with E-state index in [0.29, 0.717) is 17.0 Å². The Morgan fingerprint density at radius 2 is 1.62 bits per heavy atom. The molecule has 1 amide bonds. The van der Waals surface area contributed by atoms with Gasteiger partial charge in [-0.05, 0) is 60.9 Å². The fraction of sp³-hybridized carbons (Fsp3) is 0.214. The van der Waals surface area contributed by atoms with Crippen molar-refractivity contribution in [1.29, 1.82) is 0 Å². The van der Waals surface area contributed by atoms with Crippen LogP contribution in [0, 0.1) is 13.8 Å². The van der Waals surface area contributed by atoms with E-state index < -0.39 is 17.7 Å². The fourth-order valence-corrected chi connectivity index (χ4v) is 4.50. The number of benzene rings is 3. The number of carbonyl (C=O) groups excluding carboxylic acids is 2. The first-order valence-electron chi connectivity index (χ1n) is 11.0. The van der Waals surface area contributed by atoms with Gasteiger partial charge in [0.05, 0.1) is 24.3 Å². The minimum Gasteiger partial charge on any atom is -0.507 e. The summed E-state index contributed by atoms with van der Waals surface area (Å²) in [6, 6.07) is 19.6. The van der Waals surface area contributed by atoms with Crippen molar-refractivity contribution in [3.8, 4) is 5.75 Å². The van der Waals surface area contributed by atoms with Gasteiger partial charge in [-0.25, -0.2) is 0 Å². The van der Waals surface area contributed by atoms with Gasteiger partial charge in [0.25, 0.3) is 11.7 Å². The molecular weight excluding hydrogens is 428 g/mol. The van der Waals surface area contributed by atoms with Crippen molar-refractivity contribution < 1.29 is 19.4 Å². The topological polar surface area (TPSA) is 70.1 Å². The largest absolute Gasteiger partial charge is 0.507 e. The Morgan fingerprint density at radius 3 is 2.21 bits per heavy atom. The van der Waals surface area contributed by atoms with E-state index >= 15 is 0 Å². The van der Waals surface area contributed by atoms with Crippen molar-refractivity contribution in [1.82, 2.24) is 0 Å². The molecule has 6 nitrogen and oxygen atoms in total. The van der Waals surface area contributed by atoms with Crippen molar-refractivity contribution >= 4 is 28.8 Å². The van der Waals surface area contributed by atoms with Gasteiger partial charge >= 0.3 is 0 Å². The van der Waals surface area contributed by atoms with Crippen LogP contribution in [0.3, 0.4) is 0 Å². The zero-order valence-electron chi connectivity index (χ0n) is 20.0. The van der Waals surface area contributed by atoms with Crippen LogP contribution in [0.5, 0.6) is 5.75 Å². The van der Waals surface area contributed by atoms with E-state index in [1.165, 1.54) is 12.0 Å². The number of amides is 1. The molecule has 6 heteroatoms. The number of ether oxygens (including phenoxy) is 1. The average Bonchev–Trinajstić information content (AvgIpc) is 3.09. The van der Waals surface area contributed by atoms with E-state index in [2.05, 4.69) is 0 Å². The van der Waals surface area contributed by atoms with Gasteiger partial charge in [-0.3, -0.25) is 14.5 Å². The number of hydrogen-bond acceptors (Lipinski definition) is 5. The lowest BCUT2D eigenvalue weighted by Gasteiger charge is -2.26. The number of aliphatic hydroxyl groups excluding tert-OH is 1. The number of Topliss-reactive ketones (excluding diaryl/α,β-unsaturated/α-hetero) is 1. The molecule has 1 saturated heterocycles. The number of nitrogens with zero attached hydrogens (tertiary/aromatic N) is 2. The summed E-state index contributed by atoms with van der Waals surface area (Å²) in [5.41, 5.74) is 4.45. The molecule has 4 rings (SSSR count). The molecular formula is C28H28N2O4. The minimum absolute atomic E-state index is 0.0368. The average molecular weight is 457 g/mol. The van der Waals surface area contributed by atoms with E-state index in [0.717, 1.165) is 22.4 Å². The van der Waals surface area contributed by atoms with Gasteiger partial charge in [0.2, 0.25) is 0 Å². The number of aliphatic hydroxyl groups is 1. The van der Waals surface area contributed by atoms with Gasteiger partial charge < -0.3 is 14.7 Å². The highest BCUT2D eigenvalue weighted by Crippen LogP contribution is 2.44. The van der Waals surface area contributed by atoms with Crippen molar-refractivity contribution in [2.24, 2.45) is 0 Å². The maximum absolute atomic E-state index is 13.4. The molecule has 3 aromatic carbocycles. The van der Waals surface area contributed by atoms with Crippen molar-refractivity contribution in [2.45, 2.75) is 19.9 Å². The summed E-state index contributed by atoms with van der Waals surface area (Å²) in [4.78, 5) is 30.1. The molecule has 34 heavy (non-hydrogen) atoms. The Labute approximate surface area is 199 Å². The molecule has 1 unspecified atom stereocenters. The number of para-hydroxylation sites is 1. The second kappa shape index (κ2) is 9.06. The predicted octanol–water partition coefficient (Wildman–Crippen LogP) is 5.00. The van der Waals surface area contributed by atoms with Crippen LogP contribution in [-0.4, -0.2) is 38.0 Å². The van der Waals surface area contributed by atoms with Crippen LogP contribution in [-0.2, 0) is 9.59 Å². The number of ketones is 1. The lowest BCUT2D eigenvalue weighted by Crippen LogP contribution is -2.29. The second-order valence-electron chi connectivity index (χ2n) is 8.65. The number of aryl methyl sites for hydroxylation is 2. The predicted molar refractivity (Wildman–Crippen MR) is 134 cm³/mol. The van der Waals surface area contributed by atoms with E-state index in [1.54, 1.807) is 18.2 Å². The SMILES string of the molecule is COc1c(C)cc(C)cc1/C(O)=C1\C(=O)C(=O)N(c2ccccc2)C1c1ccc(N(C)C)cc1. The Hall–Kier alpha value is -4.06. The van der Waals surface area contributed by atoms with E-state index in [1.807, 2.05) is 81.4 Å². The van der Waals surface area contributed by atoms with Gasteiger partial charge in [0, 0.05) is 25.5 Å². The summed E-state index contributed by atoms with van der Waals surface area (Å²) >= 11 is 0. The lowest BCUT2D eigenvalue weighted by molar-refractivity contribution is -0.132. The molecule has 1 aliphatic rings. The maximum atomic E-state index is 13.4. The normalized spacial score (nSPS) is 17.2. The molecule has 1 aliphatic heterocycles. The summed E-state index contributed by atoms with van der Waals surface area (Å²) in [5, 5.41) is 11.5. The first-order valence-corrected chi connectivity index (χ1v) is 11.0. The molecule has 174 valence electrons. The summed E-state index contributed by atoms with van der Waals surface area (Å²) in [5.74, 6) is -1.19. The quantitative estimate of drug-likeness (QED) is 0.332. The highest BCUT2D eigenvalue weighted by molar-refractivity contribution is 6.51. The first-order chi connectivity index (χ1) is 16.2. The third kappa shape index (κ3) is 3.92. The fourth-order valence-electron chi connectivity index (χ4n) is 4.50. The molecule has 1 fully saturated rings. The van der Waals surface area contributed by atoms with Crippen molar-refractivity contribution in [3.05, 3.63) is 94.6 Å². The minimum atomic E-state index is -0.788. The Balaban J connectivity index is 1.98. The lowest BCUT2D eigenvalue weighted by atomic mass is 9.93. The monoisotopic (exact) mass is 456 g/mol. The van der Waals surface area contributed by atoms with Gasteiger partial charge in [-0.2, -0.15) is 0 Å². The highest BCUT2D eigenvalue weighted by atomic mass is 16.5. The van der Waals surface area contributed by atoms with Gasteiger partial charge in [-0.1, -0.05) is 36.4 Å². The zero-order chi connectivity index (χ0) is 24.6. The van der Waals surface area contributed by atoms with E-state index in [9.17, 15) is 14.7 Å². The smallest absolute Gasteiger partial charge is 0.300 e. The van der Waals surface area contributed by atoms with Crippen LogP contribution < -0.4 is 14.5 Å². The first kappa shape index (κ1) is 23.1. The second-order valence-corrected chi connectivity index (χ2v) is 8.65.